The van der Waals surface area contributed by atoms with Crippen LogP contribution in [0, 0.1) is 23.5 Å². The highest BCUT2D eigenvalue weighted by Crippen LogP contribution is 2.48. The smallest absolute Gasteiger partial charge is 0.407 e. The van der Waals surface area contributed by atoms with Crippen molar-refractivity contribution in [3.63, 3.8) is 0 Å². The van der Waals surface area contributed by atoms with E-state index in [-0.39, 0.29) is 53.2 Å². The molecule has 0 saturated carbocycles. The summed E-state index contributed by atoms with van der Waals surface area (Å²) in [4.78, 5) is 85.7. The van der Waals surface area contributed by atoms with E-state index in [4.69, 9.17) is 9.47 Å². The van der Waals surface area contributed by atoms with Crippen molar-refractivity contribution in [3.8, 4) is 0 Å². The molecular weight excluding hydrogens is 931 g/mol. The van der Waals surface area contributed by atoms with E-state index in [0.717, 1.165) is 23.2 Å². The van der Waals surface area contributed by atoms with E-state index in [9.17, 15) is 28.8 Å². The van der Waals surface area contributed by atoms with Crippen molar-refractivity contribution in [2.24, 2.45) is 11.8 Å². The lowest BCUT2D eigenvalue weighted by molar-refractivity contribution is -0.139. The molecule has 4 heterocycles. The second-order valence-corrected chi connectivity index (χ2v) is 26.1. The van der Waals surface area contributed by atoms with Gasteiger partial charge < -0.3 is 50.3 Å². The first-order valence-corrected chi connectivity index (χ1v) is 28.4. The van der Waals surface area contributed by atoms with Crippen molar-refractivity contribution in [2.45, 2.75) is 128 Å². The van der Waals surface area contributed by atoms with E-state index in [1.165, 1.54) is 36.2 Å². The third-order valence-electron chi connectivity index (χ3n) is 14.7. The van der Waals surface area contributed by atoms with Gasteiger partial charge >= 0.3 is 12.2 Å². The van der Waals surface area contributed by atoms with Gasteiger partial charge in [-0.05, 0) is 110 Å². The van der Waals surface area contributed by atoms with Crippen LogP contribution < -0.4 is 31.1 Å². The predicted molar refractivity (Wildman–Crippen MR) is 271 cm³/mol. The fraction of sp³-hybridized carbons (Fsp3) is 0.538. The number of nitrogens with one attached hydrogen (secondary N) is 4. The minimum atomic E-state index is -1.42. The molecule has 0 unspecified atom stereocenters. The number of ether oxygens (including phenoxy) is 2. The van der Waals surface area contributed by atoms with Crippen LogP contribution in [0.5, 0.6) is 0 Å². The topological polar surface area (TPSA) is 182 Å². The summed E-state index contributed by atoms with van der Waals surface area (Å²) in [5.74, 6) is -3.14. The molecule has 3 aromatic carbocycles. The molecule has 0 aromatic heterocycles. The Morgan fingerprint density at radius 3 is 1.37 bits per heavy atom. The largest absolute Gasteiger partial charge is 0.453 e. The summed E-state index contributed by atoms with van der Waals surface area (Å²) in [6.45, 7) is 13.8. The number of amides is 6. The predicted octanol–water partition coefficient (Wildman–Crippen LogP) is 8.20. The van der Waals surface area contributed by atoms with Crippen LogP contribution in [0.2, 0.25) is 25.2 Å². The summed E-state index contributed by atoms with van der Waals surface area (Å²) in [7, 11) is 1.04. The van der Waals surface area contributed by atoms with Gasteiger partial charge in [0, 0.05) is 43.2 Å². The molecule has 6 amide bonds. The molecule has 4 aliphatic heterocycles. The van der Waals surface area contributed by atoms with E-state index in [1.54, 1.807) is 24.3 Å². The molecule has 0 radical (unpaired) electrons. The zero-order chi connectivity index (χ0) is 51.3. The van der Waals surface area contributed by atoms with Gasteiger partial charge in [0.15, 0.2) is 11.6 Å². The van der Waals surface area contributed by atoms with Crippen molar-refractivity contribution in [1.29, 1.82) is 0 Å². The number of methoxy groups -OCH3 is 2. The molecule has 4 N–H and O–H groups in total. The minimum Gasteiger partial charge on any atom is -0.453 e. The lowest BCUT2D eigenvalue weighted by atomic mass is 10.0. The number of halogens is 2. The van der Waals surface area contributed by atoms with Crippen LogP contribution in [0.1, 0.15) is 89.4 Å². The first-order valence-electron chi connectivity index (χ1n) is 24.9. The average Bonchev–Trinajstić information content (AvgIpc) is 4.14. The van der Waals surface area contributed by atoms with E-state index in [1.807, 2.05) is 61.8 Å². The van der Waals surface area contributed by atoms with E-state index in [2.05, 4.69) is 34.4 Å². The van der Waals surface area contributed by atoms with Gasteiger partial charge in [-0.2, -0.15) is 0 Å². The van der Waals surface area contributed by atoms with Crippen LogP contribution in [0.25, 0.3) is 0 Å². The second-order valence-electron chi connectivity index (χ2n) is 20.7. The van der Waals surface area contributed by atoms with Crippen molar-refractivity contribution >= 4 is 66.6 Å². The zero-order valence-corrected chi connectivity index (χ0v) is 43.2. The first-order chi connectivity index (χ1) is 33.8. The maximum Gasteiger partial charge on any atom is 0.407 e. The summed E-state index contributed by atoms with van der Waals surface area (Å²) >= 11 is 0. The van der Waals surface area contributed by atoms with E-state index < -0.39 is 56.1 Å². The summed E-state index contributed by atoms with van der Waals surface area (Å²) in [5.41, 5.74) is 3.15. The number of hydrogen-bond acceptors (Lipinski definition) is 10. The maximum absolute atomic E-state index is 16.4. The Morgan fingerprint density at radius 2 is 1.00 bits per heavy atom. The Hall–Kier alpha value is -6.24. The molecule has 4 aliphatic rings. The number of benzene rings is 3. The number of anilines is 4. The summed E-state index contributed by atoms with van der Waals surface area (Å²) in [6, 6.07) is 15.7. The molecule has 0 spiro atoms. The Morgan fingerprint density at radius 1 is 0.606 bits per heavy atom. The normalized spacial score (nSPS) is 21.7. The first kappa shape index (κ1) is 52.6. The molecule has 4 saturated heterocycles. The summed E-state index contributed by atoms with van der Waals surface area (Å²) in [6.07, 6.45) is 1.99. The molecule has 0 aliphatic carbocycles. The number of likely N-dealkylation sites (tertiary alicyclic amines) is 2. The summed E-state index contributed by atoms with van der Waals surface area (Å²) in [5, 5.41) is 11.2. The van der Waals surface area contributed by atoms with Crippen LogP contribution in [0.4, 0.5) is 41.1 Å². The maximum atomic E-state index is 16.4. The molecule has 16 nitrogen and oxygen atoms in total. The molecule has 19 heteroatoms. The van der Waals surface area contributed by atoms with Gasteiger partial charge in [0.05, 0.1) is 34.4 Å². The molecule has 7 rings (SSSR count). The number of carbonyl (C=O) groups excluding carboxylic acids is 6. The van der Waals surface area contributed by atoms with Gasteiger partial charge in [-0.25, -0.2) is 18.4 Å². The standard InChI is InChI=1S/C52H70F2N8O8Si/c1-31(2)44(57-51(67)69-5)49(65)60-23-9-11-42(60)47(63)55-35-17-13-33(14-18-35)40-21-22-41(62(40)37-29-38(53)46(39(54)30-37)59-25-27-71(7,8)28-26-59)34-15-19-36(20-16-34)56-48(64)43-12-10-24-61(43)50(66)45(32(3)4)58-52(68)70-6/h13-20,29-32,40-45H,9-12,21-28H2,1-8H3,(H,55,63)(H,56,64)(H,57,67)(H,58,68)/t40-,41-,42-,43-,44-,45-/m0/s1. The minimum absolute atomic E-state index is 0.00491. The lowest BCUT2D eigenvalue weighted by Gasteiger charge is -2.38. The number of rotatable bonds is 14. The number of hydrogen-bond donors (Lipinski definition) is 4. The molecule has 3 aromatic rings. The van der Waals surface area contributed by atoms with Crippen LogP contribution in [0.15, 0.2) is 60.7 Å². The van der Waals surface area contributed by atoms with Crippen LogP contribution in [-0.4, -0.2) is 118 Å². The highest BCUT2D eigenvalue weighted by molar-refractivity contribution is 6.77. The summed E-state index contributed by atoms with van der Waals surface area (Å²) < 4.78 is 42.3. The van der Waals surface area contributed by atoms with Crippen molar-refractivity contribution < 1.29 is 47.0 Å². The van der Waals surface area contributed by atoms with Gasteiger partial charge in [0.25, 0.3) is 0 Å². The quantitative estimate of drug-likeness (QED) is 0.115. The molecule has 0 bridgehead atoms. The van der Waals surface area contributed by atoms with E-state index in [0.29, 0.717) is 81.8 Å². The highest BCUT2D eigenvalue weighted by atomic mass is 28.3. The number of alkyl carbamates (subject to hydrolysis) is 2. The van der Waals surface area contributed by atoms with Crippen LogP contribution in [0.3, 0.4) is 0 Å². The monoisotopic (exact) mass is 1000 g/mol. The fourth-order valence-electron chi connectivity index (χ4n) is 10.6. The highest BCUT2D eigenvalue weighted by Gasteiger charge is 2.42. The molecule has 384 valence electrons. The molecule has 6 atom stereocenters. The third-order valence-corrected chi connectivity index (χ3v) is 17.9. The Kier molecular flexibility index (Phi) is 16.6. The molecular formula is C52H70F2N8O8Si. The Balaban J connectivity index is 1.11. The molecule has 71 heavy (non-hydrogen) atoms. The van der Waals surface area contributed by atoms with Crippen LogP contribution in [-0.2, 0) is 28.7 Å². The lowest BCUT2D eigenvalue weighted by Crippen LogP contribution is -2.54. The number of carbonyl (C=O) groups is 6. The second kappa shape index (κ2) is 22.5. The van der Waals surface area contributed by atoms with Gasteiger partial charge in [0.1, 0.15) is 29.9 Å². The fourth-order valence-corrected chi connectivity index (χ4v) is 12.6. The van der Waals surface area contributed by atoms with Crippen molar-refractivity contribution in [2.75, 3.05) is 60.8 Å². The third kappa shape index (κ3) is 11.9. The van der Waals surface area contributed by atoms with Crippen molar-refractivity contribution in [1.82, 2.24) is 20.4 Å². The van der Waals surface area contributed by atoms with Gasteiger partial charge in [-0.3, -0.25) is 19.2 Å². The van der Waals surface area contributed by atoms with Crippen LogP contribution >= 0.6 is 0 Å². The zero-order valence-electron chi connectivity index (χ0n) is 42.2. The van der Waals surface area contributed by atoms with Gasteiger partial charge in [-0.1, -0.05) is 65.1 Å². The van der Waals surface area contributed by atoms with Gasteiger partial charge in [-0.15, -0.1) is 0 Å². The molecule has 4 fully saturated rings. The Labute approximate surface area is 416 Å². The van der Waals surface area contributed by atoms with Gasteiger partial charge in [0.2, 0.25) is 23.6 Å². The van der Waals surface area contributed by atoms with Crippen molar-refractivity contribution in [3.05, 3.63) is 83.4 Å². The average molecular weight is 1000 g/mol. The SMILES string of the molecule is COC(=O)N[C@H](C(=O)N1CCC[C@H]1C(=O)Nc1ccc([C@@H]2CC[C@@H](c3ccc(NC(=O)[C@@H]4CCCN4C(=O)[C@@H](NC(=O)OC)C(C)C)cc3)N2c2cc(F)c(N3CC[Si](C)(C)CC3)c(F)c2)cc1)C(C)C. The van der Waals surface area contributed by atoms with E-state index >= 15 is 8.78 Å². The Bertz CT molecular complexity index is 2280. The number of nitrogens with zero attached hydrogens (tertiary/aromatic N) is 4.